The molecule has 2 N–H and O–H groups in total. The monoisotopic (exact) mass is 269 g/mol. The molecule has 20 heavy (non-hydrogen) atoms. The van der Waals surface area contributed by atoms with Gasteiger partial charge in [-0.1, -0.05) is 11.8 Å². The maximum atomic E-state index is 12.4. The Morgan fingerprint density at radius 3 is 2.50 bits per heavy atom. The second-order valence-corrected chi connectivity index (χ2v) is 4.58. The average Bonchev–Trinajstić information content (AvgIpc) is 2.45. The summed E-state index contributed by atoms with van der Waals surface area (Å²) in [6, 6.07) is 9.25. The molecule has 0 aliphatic carbocycles. The molecule has 0 bridgehead atoms. The summed E-state index contributed by atoms with van der Waals surface area (Å²) in [6.45, 7) is 4.64. The molecule has 104 valence electrons. The summed E-state index contributed by atoms with van der Waals surface area (Å²) < 4.78 is 0. The van der Waals surface area contributed by atoms with Crippen LogP contribution in [0.1, 0.15) is 36.2 Å². The van der Waals surface area contributed by atoms with Crippen LogP contribution in [0, 0.1) is 23.2 Å². The van der Waals surface area contributed by atoms with Gasteiger partial charge in [0.05, 0.1) is 19.0 Å². The molecule has 4 heteroatoms. The standard InChI is InChI=1S/C16H19N3O/c1-13(2)19(12-4-11-18)16(20)15-8-6-14(7-9-15)5-3-10-17/h6-9,13H,4,10,12,17H2,1-2H3. The Morgan fingerprint density at radius 1 is 1.35 bits per heavy atom. The number of hydrogen-bond donors (Lipinski definition) is 1. The fourth-order valence-corrected chi connectivity index (χ4v) is 1.78. The summed E-state index contributed by atoms with van der Waals surface area (Å²) in [5.41, 5.74) is 6.75. The van der Waals surface area contributed by atoms with Crippen LogP contribution in [0.3, 0.4) is 0 Å². The van der Waals surface area contributed by atoms with E-state index in [1.165, 1.54) is 0 Å². The minimum absolute atomic E-state index is 0.0615. The van der Waals surface area contributed by atoms with Gasteiger partial charge in [-0.25, -0.2) is 0 Å². The van der Waals surface area contributed by atoms with E-state index in [1.54, 1.807) is 29.2 Å². The molecular formula is C16H19N3O. The summed E-state index contributed by atoms with van der Waals surface area (Å²) in [4.78, 5) is 14.1. The molecule has 0 unspecified atom stereocenters. The minimum Gasteiger partial charge on any atom is -0.335 e. The summed E-state index contributed by atoms with van der Waals surface area (Å²) in [7, 11) is 0. The van der Waals surface area contributed by atoms with Crippen molar-refractivity contribution in [2.75, 3.05) is 13.1 Å². The molecule has 0 spiro atoms. The summed E-state index contributed by atoms with van der Waals surface area (Å²) in [6.07, 6.45) is 0.337. The highest BCUT2D eigenvalue weighted by Crippen LogP contribution is 2.10. The van der Waals surface area contributed by atoms with Crippen LogP contribution in [0.2, 0.25) is 0 Å². The van der Waals surface area contributed by atoms with E-state index in [9.17, 15) is 4.79 Å². The van der Waals surface area contributed by atoms with Crippen LogP contribution in [0.5, 0.6) is 0 Å². The van der Waals surface area contributed by atoms with Gasteiger partial charge in [0.25, 0.3) is 5.91 Å². The fraction of sp³-hybridized carbons (Fsp3) is 0.375. The van der Waals surface area contributed by atoms with E-state index >= 15 is 0 Å². The molecule has 0 aliphatic rings. The molecule has 0 saturated heterocycles. The van der Waals surface area contributed by atoms with E-state index in [4.69, 9.17) is 11.0 Å². The van der Waals surface area contributed by atoms with Gasteiger partial charge in [-0.05, 0) is 38.1 Å². The SMILES string of the molecule is CC(C)N(CCC#N)C(=O)c1ccc(C#CCN)cc1. The van der Waals surface area contributed by atoms with E-state index in [0.29, 0.717) is 25.1 Å². The predicted octanol–water partition coefficient (Wildman–Crippen LogP) is 1.76. The largest absolute Gasteiger partial charge is 0.335 e. The summed E-state index contributed by atoms with van der Waals surface area (Å²) in [5.74, 6) is 5.62. The van der Waals surface area contributed by atoms with Gasteiger partial charge >= 0.3 is 0 Å². The molecule has 0 atom stereocenters. The molecular weight excluding hydrogens is 250 g/mol. The predicted molar refractivity (Wildman–Crippen MR) is 78.8 cm³/mol. The smallest absolute Gasteiger partial charge is 0.254 e. The van der Waals surface area contributed by atoms with Crippen LogP contribution in [-0.2, 0) is 0 Å². The third kappa shape index (κ3) is 4.42. The lowest BCUT2D eigenvalue weighted by Gasteiger charge is -2.25. The molecule has 1 aromatic carbocycles. The van der Waals surface area contributed by atoms with Crippen molar-refractivity contribution in [2.24, 2.45) is 5.73 Å². The van der Waals surface area contributed by atoms with Gasteiger partial charge in [0, 0.05) is 23.7 Å². The first-order valence-corrected chi connectivity index (χ1v) is 6.57. The molecule has 0 fully saturated rings. The van der Waals surface area contributed by atoms with Gasteiger partial charge in [0.15, 0.2) is 0 Å². The first-order valence-electron chi connectivity index (χ1n) is 6.57. The minimum atomic E-state index is -0.0615. The lowest BCUT2D eigenvalue weighted by atomic mass is 10.1. The highest BCUT2D eigenvalue weighted by atomic mass is 16.2. The molecule has 0 saturated carbocycles. The van der Waals surface area contributed by atoms with Gasteiger partial charge in [-0.3, -0.25) is 4.79 Å². The maximum Gasteiger partial charge on any atom is 0.254 e. The number of hydrogen-bond acceptors (Lipinski definition) is 3. The van der Waals surface area contributed by atoms with E-state index in [-0.39, 0.29) is 11.9 Å². The Morgan fingerprint density at radius 2 is 2.00 bits per heavy atom. The topological polar surface area (TPSA) is 70.1 Å². The molecule has 1 amide bonds. The van der Waals surface area contributed by atoms with Gasteiger partial charge in [-0.15, -0.1) is 0 Å². The quantitative estimate of drug-likeness (QED) is 0.847. The molecule has 1 aromatic rings. The highest BCUT2D eigenvalue weighted by molar-refractivity contribution is 5.94. The van der Waals surface area contributed by atoms with E-state index in [1.807, 2.05) is 13.8 Å². The fourth-order valence-electron chi connectivity index (χ4n) is 1.78. The van der Waals surface area contributed by atoms with Crippen molar-refractivity contribution in [3.05, 3.63) is 35.4 Å². The first-order chi connectivity index (χ1) is 9.60. The first kappa shape index (κ1) is 15.8. The molecule has 0 aliphatic heterocycles. The van der Waals surface area contributed by atoms with Crippen molar-refractivity contribution >= 4 is 5.91 Å². The Bertz CT molecular complexity index is 544. The zero-order valence-corrected chi connectivity index (χ0v) is 11.9. The van der Waals surface area contributed by atoms with Crippen LogP contribution in [0.4, 0.5) is 0 Å². The third-order valence-corrected chi connectivity index (χ3v) is 2.82. The van der Waals surface area contributed by atoms with Crippen molar-refractivity contribution in [3.8, 4) is 17.9 Å². The number of nitrogens with two attached hydrogens (primary N) is 1. The number of amides is 1. The molecule has 1 rings (SSSR count). The Kier molecular flexibility index (Phi) is 6.29. The highest BCUT2D eigenvalue weighted by Gasteiger charge is 2.17. The number of carbonyl (C=O) groups is 1. The van der Waals surface area contributed by atoms with E-state index in [2.05, 4.69) is 17.9 Å². The lowest BCUT2D eigenvalue weighted by molar-refractivity contribution is 0.0710. The van der Waals surface area contributed by atoms with Crippen molar-refractivity contribution in [2.45, 2.75) is 26.3 Å². The maximum absolute atomic E-state index is 12.4. The van der Waals surface area contributed by atoms with Gasteiger partial charge < -0.3 is 10.6 Å². The average molecular weight is 269 g/mol. The normalized spacial score (nSPS) is 9.55. The van der Waals surface area contributed by atoms with Crippen LogP contribution < -0.4 is 5.73 Å². The Labute approximate surface area is 120 Å². The second kappa shape index (κ2) is 7.99. The van der Waals surface area contributed by atoms with E-state index < -0.39 is 0 Å². The zero-order valence-electron chi connectivity index (χ0n) is 11.9. The Balaban J connectivity index is 2.87. The molecule has 0 heterocycles. The van der Waals surface area contributed by atoms with Crippen molar-refractivity contribution in [3.63, 3.8) is 0 Å². The van der Waals surface area contributed by atoms with Gasteiger partial charge in [-0.2, -0.15) is 5.26 Å². The van der Waals surface area contributed by atoms with Crippen LogP contribution in [0.25, 0.3) is 0 Å². The molecule has 4 nitrogen and oxygen atoms in total. The van der Waals surface area contributed by atoms with Crippen molar-refractivity contribution in [1.29, 1.82) is 5.26 Å². The number of nitriles is 1. The Hall–Kier alpha value is -2.30. The number of carbonyl (C=O) groups excluding carboxylic acids is 1. The summed E-state index contributed by atoms with van der Waals surface area (Å²) in [5, 5.41) is 8.65. The van der Waals surface area contributed by atoms with Crippen LogP contribution >= 0.6 is 0 Å². The van der Waals surface area contributed by atoms with Crippen molar-refractivity contribution in [1.82, 2.24) is 4.90 Å². The molecule has 0 radical (unpaired) electrons. The summed E-state index contributed by atoms with van der Waals surface area (Å²) >= 11 is 0. The third-order valence-electron chi connectivity index (χ3n) is 2.82. The van der Waals surface area contributed by atoms with Gasteiger partial charge in [0.1, 0.15) is 0 Å². The number of nitrogens with zero attached hydrogens (tertiary/aromatic N) is 2. The lowest BCUT2D eigenvalue weighted by Crippen LogP contribution is -2.37. The number of benzene rings is 1. The zero-order chi connectivity index (χ0) is 15.0. The van der Waals surface area contributed by atoms with Crippen LogP contribution in [-0.4, -0.2) is 29.9 Å². The second-order valence-electron chi connectivity index (χ2n) is 4.58. The van der Waals surface area contributed by atoms with Crippen LogP contribution in [0.15, 0.2) is 24.3 Å². The molecule has 0 aromatic heterocycles. The van der Waals surface area contributed by atoms with Crippen molar-refractivity contribution < 1.29 is 4.79 Å². The van der Waals surface area contributed by atoms with Gasteiger partial charge in [0.2, 0.25) is 0 Å². The van der Waals surface area contributed by atoms with E-state index in [0.717, 1.165) is 5.56 Å². The number of rotatable bonds is 4.